The second-order valence-electron chi connectivity index (χ2n) is 7.98. The molecule has 0 aliphatic rings. The van der Waals surface area contributed by atoms with E-state index in [1.54, 1.807) is 13.8 Å². The second-order valence-corrected chi connectivity index (χ2v) is 13.9. The van der Waals surface area contributed by atoms with Crippen LogP contribution in [0.4, 0.5) is 0 Å². The lowest BCUT2D eigenvalue weighted by Gasteiger charge is -2.37. The minimum absolute atomic E-state index is 0.373. The third-order valence-electron chi connectivity index (χ3n) is 4.74. The van der Waals surface area contributed by atoms with Crippen LogP contribution in [-0.4, -0.2) is 51.8 Å². The second kappa shape index (κ2) is 10.7. The van der Waals surface area contributed by atoms with Crippen LogP contribution in [0.5, 0.6) is 0 Å². The molecule has 1 unspecified atom stereocenters. The average molecular weight is 437 g/mol. The van der Waals surface area contributed by atoms with Crippen LogP contribution in [0.1, 0.15) is 79.1 Å². The Morgan fingerprint density at radius 1 is 0.692 bits per heavy atom. The Morgan fingerprint density at radius 2 is 1.08 bits per heavy atom. The van der Waals surface area contributed by atoms with Gasteiger partial charge < -0.3 is 13.7 Å². The lowest BCUT2D eigenvalue weighted by molar-refractivity contribution is 0.330. The minimum Gasteiger partial charge on any atom is -0.308 e. The SMILES string of the molecule is CC(C)(CCCCCS(=O)CCCCCC(C)(C)S(=O)(=O)O)S(O)(O)O. The molecule has 0 fully saturated rings. The van der Waals surface area contributed by atoms with Crippen LogP contribution < -0.4 is 0 Å². The van der Waals surface area contributed by atoms with Crippen molar-refractivity contribution < 1.29 is 30.8 Å². The number of rotatable bonds is 14. The zero-order valence-corrected chi connectivity index (χ0v) is 18.8. The molecular weight excluding hydrogens is 400 g/mol. The maximum absolute atomic E-state index is 11.9. The molecule has 0 aromatic carbocycles. The summed E-state index contributed by atoms with van der Waals surface area (Å²) in [5.74, 6) is 1.17. The lowest BCUT2D eigenvalue weighted by atomic mass is 10.0. The monoisotopic (exact) mass is 436 g/mol. The lowest BCUT2D eigenvalue weighted by Crippen LogP contribution is -2.31. The maximum Gasteiger partial charge on any atom is 0.270 e. The summed E-state index contributed by atoms with van der Waals surface area (Å²) in [5, 5.41) is 0. The van der Waals surface area contributed by atoms with Gasteiger partial charge in [0.2, 0.25) is 0 Å². The van der Waals surface area contributed by atoms with Crippen LogP contribution in [0.25, 0.3) is 0 Å². The molecule has 0 heterocycles. The highest BCUT2D eigenvalue weighted by Crippen LogP contribution is 2.50. The van der Waals surface area contributed by atoms with Gasteiger partial charge in [-0.1, -0.05) is 25.7 Å². The Balaban J connectivity index is 3.80. The molecule has 1 atom stereocenters. The summed E-state index contributed by atoms with van der Waals surface area (Å²) in [6, 6.07) is 0. The van der Waals surface area contributed by atoms with E-state index < -0.39 is 41.3 Å². The van der Waals surface area contributed by atoms with Gasteiger partial charge in [0.15, 0.2) is 0 Å². The van der Waals surface area contributed by atoms with Gasteiger partial charge in [0.05, 0.1) is 20.4 Å². The summed E-state index contributed by atoms with van der Waals surface area (Å²) in [5.41, 5.74) is 0. The summed E-state index contributed by atoms with van der Waals surface area (Å²) in [6.07, 6.45) is 5.37. The van der Waals surface area contributed by atoms with Crippen LogP contribution in [0, 0.1) is 0 Å². The van der Waals surface area contributed by atoms with Crippen molar-refractivity contribution in [1.29, 1.82) is 0 Å². The summed E-state index contributed by atoms with van der Waals surface area (Å²) in [4.78, 5) is 0. The first-order valence-corrected chi connectivity index (χ1v) is 13.4. The van der Waals surface area contributed by atoms with Crippen LogP contribution in [0.15, 0.2) is 0 Å². The highest BCUT2D eigenvalue weighted by Gasteiger charge is 2.35. The molecule has 160 valence electrons. The van der Waals surface area contributed by atoms with Crippen molar-refractivity contribution >= 4 is 31.8 Å². The molecule has 0 aromatic heterocycles. The fourth-order valence-electron chi connectivity index (χ4n) is 2.35. The molecule has 0 rings (SSSR count). The summed E-state index contributed by atoms with van der Waals surface area (Å²) < 4.78 is 69.3. The Morgan fingerprint density at radius 3 is 1.42 bits per heavy atom. The van der Waals surface area contributed by atoms with E-state index in [2.05, 4.69) is 0 Å². The Kier molecular flexibility index (Phi) is 10.9. The molecule has 0 spiro atoms. The van der Waals surface area contributed by atoms with Gasteiger partial charge in [-0.05, 0) is 53.4 Å². The first-order valence-electron chi connectivity index (χ1n) is 8.92. The van der Waals surface area contributed by atoms with Crippen molar-refractivity contribution in [2.45, 2.75) is 88.6 Å². The van der Waals surface area contributed by atoms with Crippen molar-refractivity contribution in [1.82, 2.24) is 0 Å². The standard InChI is InChI=1S/C16H36O7S3/c1-15(2,25(18,19)20)11-7-5-9-13-24(17)14-10-6-8-12-16(3,4)26(21,22)23/h18-20H,5-14H2,1-4H3,(H,21,22,23). The quantitative estimate of drug-likeness (QED) is 0.232. The molecule has 7 nitrogen and oxygen atoms in total. The summed E-state index contributed by atoms with van der Waals surface area (Å²) in [7, 11) is -8.52. The van der Waals surface area contributed by atoms with Gasteiger partial charge in [0, 0.05) is 22.3 Å². The van der Waals surface area contributed by atoms with Gasteiger partial charge in [-0.2, -0.15) is 8.42 Å². The molecule has 26 heavy (non-hydrogen) atoms. The van der Waals surface area contributed by atoms with E-state index in [0.717, 1.165) is 32.1 Å². The van der Waals surface area contributed by atoms with Crippen LogP contribution in [-0.2, 0) is 20.9 Å². The topological polar surface area (TPSA) is 132 Å². The molecule has 10 heteroatoms. The average Bonchev–Trinajstić information content (AvgIpc) is 2.43. The molecular formula is C16H36O7S3. The zero-order chi connectivity index (χ0) is 20.6. The molecule has 0 aliphatic heterocycles. The molecule has 0 bridgehead atoms. The van der Waals surface area contributed by atoms with E-state index >= 15 is 0 Å². The van der Waals surface area contributed by atoms with Gasteiger partial charge in [-0.15, -0.1) is 0 Å². The van der Waals surface area contributed by atoms with Gasteiger partial charge in [-0.3, -0.25) is 8.76 Å². The Bertz CT molecular complexity index is 537. The smallest absolute Gasteiger partial charge is 0.270 e. The van der Waals surface area contributed by atoms with E-state index in [9.17, 15) is 26.3 Å². The van der Waals surface area contributed by atoms with Crippen LogP contribution in [0.3, 0.4) is 0 Å². The van der Waals surface area contributed by atoms with E-state index in [-0.39, 0.29) is 0 Å². The van der Waals surface area contributed by atoms with E-state index in [0.29, 0.717) is 30.8 Å². The molecule has 0 radical (unpaired) electrons. The highest BCUT2D eigenvalue weighted by atomic mass is 32.3. The van der Waals surface area contributed by atoms with Crippen LogP contribution in [0.2, 0.25) is 0 Å². The Hall–Kier alpha value is 0.290. The Labute approximate surface area is 162 Å². The third kappa shape index (κ3) is 10.0. The normalized spacial score (nSPS) is 15.8. The third-order valence-corrected chi connectivity index (χ3v) is 9.52. The van der Waals surface area contributed by atoms with E-state index in [1.165, 1.54) is 13.8 Å². The predicted octanol–water partition coefficient (Wildman–Crippen LogP) is 4.52. The summed E-state index contributed by atoms with van der Waals surface area (Å²) in [6.45, 7) is 6.23. The maximum atomic E-state index is 11.9. The number of unbranched alkanes of at least 4 members (excludes halogenated alkanes) is 4. The van der Waals surface area contributed by atoms with Crippen LogP contribution >= 0.6 is 10.9 Å². The fraction of sp³-hybridized carbons (Fsp3) is 1.00. The summed E-state index contributed by atoms with van der Waals surface area (Å²) >= 11 is 0. The van der Waals surface area contributed by atoms with Gasteiger partial charge in [0.25, 0.3) is 10.1 Å². The van der Waals surface area contributed by atoms with E-state index in [4.69, 9.17) is 4.55 Å². The van der Waals surface area contributed by atoms with Gasteiger partial charge >= 0.3 is 0 Å². The zero-order valence-electron chi connectivity index (χ0n) is 16.3. The largest absolute Gasteiger partial charge is 0.308 e. The highest BCUT2D eigenvalue weighted by molar-refractivity contribution is 8.20. The van der Waals surface area contributed by atoms with E-state index in [1.807, 2.05) is 0 Å². The van der Waals surface area contributed by atoms with Crippen molar-refractivity contribution in [3.05, 3.63) is 0 Å². The van der Waals surface area contributed by atoms with Crippen molar-refractivity contribution in [2.75, 3.05) is 11.5 Å². The number of hydrogen-bond donors (Lipinski definition) is 4. The molecule has 0 aliphatic carbocycles. The minimum atomic E-state index is -4.05. The first kappa shape index (κ1) is 26.3. The molecule has 0 saturated heterocycles. The van der Waals surface area contributed by atoms with Crippen molar-refractivity contribution in [2.24, 2.45) is 0 Å². The predicted molar refractivity (Wildman–Crippen MR) is 110 cm³/mol. The van der Waals surface area contributed by atoms with Gasteiger partial charge in [-0.25, -0.2) is 0 Å². The number of hydrogen-bond acceptors (Lipinski definition) is 6. The molecule has 0 aromatic rings. The molecule has 0 saturated carbocycles. The van der Waals surface area contributed by atoms with Gasteiger partial charge in [0.1, 0.15) is 0 Å². The fourth-order valence-corrected chi connectivity index (χ4v) is 4.43. The first-order chi connectivity index (χ1) is 11.6. The molecule has 0 amide bonds. The molecule has 4 N–H and O–H groups in total. The van der Waals surface area contributed by atoms with Crippen molar-refractivity contribution in [3.8, 4) is 0 Å². The van der Waals surface area contributed by atoms with Crippen molar-refractivity contribution in [3.63, 3.8) is 0 Å².